The Hall–Kier alpha value is -3.31. The molecule has 2 aromatic heterocycles. The van der Waals surface area contributed by atoms with Crippen LogP contribution in [0.25, 0.3) is 16.8 Å². The lowest BCUT2D eigenvalue weighted by Crippen LogP contribution is -2.40. The molecule has 0 unspecified atom stereocenters. The van der Waals surface area contributed by atoms with Gasteiger partial charge in [-0.15, -0.1) is 0 Å². The van der Waals surface area contributed by atoms with Gasteiger partial charge >= 0.3 is 0 Å². The number of nitrogens with zero attached hydrogens (tertiary/aromatic N) is 6. The second-order valence-electron chi connectivity index (χ2n) is 10.6. The fourth-order valence-electron chi connectivity index (χ4n) is 5.73. The van der Waals surface area contributed by atoms with Crippen LogP contribution in [0.3, 0.4) is 0 Å². The number of amides is 1. The molecule has 0 aliphatic carbocycles. The molecule has 4 aromatic rings. The first-order chi connectivity index (χ1) is 19.4. The van der Waals surface area contributed by atoms with Gasteiger partial charge in [-0.05, 0) is 70.1 Å². The van der Waals surface area contributed by atoms with Crippen molar-refractivity contribution in [3.63, 3.8) is 0 Å². The van der Waals surface area contributed by atoms with Crippen molar-refractivity contribution >= 4 is 39.0 Å². The highest BCUT2D eigenvalue weighted by atomic mass is 79.9. The molecule has 1 saturated heterocycles. The first-order valence-electron chi connectivity index (χ1n) is 13.7. The Morgan fingerprint density at radius 2 is 1.82 bits per heavy atom. The number of anilines is 2. The molecular formula is C30H33BrN6O3. The van der Waals surface area contributed by atoms with Crippen LogP contribution in [-0.2, 0) is 29.0 Å². The van der Waals surface area contributed by atoms with E-state index in [1.165, 1.54) is 10.6 Å². The number of carbonyl (C=O) groups excluding carboxylic acids is 1. The molecule has 0 radical (unpaired) electrons. The van der Waals surface area contributed by atoms with Crippen LogP contribution >= 0.6 is 15.9 Å². The van der Waals surface area contributed by atoms with Crippen LogP contribution in [0.15, 0.2) is 59.5 Å². The molecule has 40 heavy (non-hydrogen) atoms. The zero-order valence-electron chi connectivity index (χ0n) is 22.8. The second kappa shape index (κ2) is 11.3. The number of halogens is 1. The summed E-state index contributed by atoms with van der Waals surface area (Å²) in [6.45, 7) is 7.28. The van der Waals surface area contributed by atoms with Gasteiger partial charge in [-0.2, -0.15) is 5.06 Å². The summed E-state index contributed by atoms with van der Waals surface area (Å²) in [5, 5.41) is 12.0. The van der Waals surface area contributed by atoms with Crippen molar-refractivity contribution in [2.45, 2.75) is 45.8 Å². The van der Waals surface area contributed by atoms with Crippen LogP contribution in [0.1, 0.15) is 37.1 Å². The van der Waals surface area contributed by atoms with E-state index >= 15 is 0 Å². The van der Waals surface area contributed by atoms with Crippen LogP contribution in [0.4, 0.5) is 11.5 Å². The fraction of sp³-hybridized carbons (Fsp3) is 0.367. The van der Waals surface area contributed by atoms with Crippen LogP contribution in [0, 0.1) is 0 Å². The Morgan fingerprint density at radius 3 is 2.58 bits per heavy atom. The van der Waals surface area contributed by atoms with Crippen molar-refractivity contribution < 1.29 is 14.7 Å². The van der Waals surface area contributed by atoms with Crippen molar-refractivity contribution in [2.24, 2.45) is 0 Å². The normalized spacial score (nSPS) is 17.5. The minimum Gasteiger partial charge on any atom is -0.378 e. The van der Waals surface area contributed by atoms with Gasteiger partial charge in [-0.1, -0.05) is 30.3 Å². The smallest absolute Gasteiger partial charge is 0.224 e. The van der Waals surface area contributed by atoms with Gasteiger partial charge < -0.3 is 24.1 Å². The number of rotatable bonds is 6. The number of morpholine rings is 1. The number of hydrogen-bond donors (Lipinski definition) is 1. The summed E-state index contributed by atoms with van der Waals surface area (Å²) >= 11 is 3.51. The molecule has 2 aliphatic rings. The lowest BCUT2D eigenvalue weighted by molar-refractivity contribution is -0.117. The number of carbonyl (C=O) groups is 1. The number of hydrogen-bond acceptors (Lipinski definition) is 7. The summed E-state index contributed by atoms with van der Waals surface area (Å²) in [6.07, 6.45) is 5.75. The summed E-state index contributed by atoms with van der Waals surface area (Å²) in [5.41, 5.74) is 7.00. The molecule has 6 rings (SSSR count). The maximum absolute atomic E-state index is 12.2. The second-order valence-corrected chi connectivity index (χ2v) is 11.4. The number of aryl methyl sites for hydroxylation is 1. The maximum Gasteiger partial charge on any atom is 0.224 e. The van der Waals surface area contributed by atoms with E-state index in [0.29, 0.717) is 26.3 Å². The van der Waals surface area contributed by atoms with Gasteiger partial charge in [-0.3, -0.25) is 4.79 Å². The predicted molar refractivity (Wildman–Crippen MR) is 158 cm³/mol. The summed E-state index contributed by atoms with van der Waals surface area (Å²) in [6, 6.07) is 14.8. The molecule has 4 heterocycles. The summed E-state index contributed by atoms with van der Waals surface area (Å²) < 4.78 is 8.17. The van der Waals surface area contributed by atoms with E-state index in [2.05, 4.69) is 63.1 Å². The highest BCUT2D eigenvalue weighted by Gasteiger charge is 2.26. The number of aromatic nitrogens is 3. The molecule has 2 aliphatic heterocycles. The maximum atomic E-state index is 12.2. The quantitative estimate of drug-likeness (QED) is 0.307. The number of ether oxygens (including phenoxy) is 1. The monoisotopic (exact) mass is 604 g/mol. The van der Waals surface area contributed by atoms with Crippen LogP contribution in [0.5, 0.6) is 0 Å². The van der Waals surface area contributed by atoms with E-state index in [1.54, 1.807) is 6.92 Å². The Bertz CT molecular complexity index is 1530. The SMILES string of the molecule is CC(=O)N1c2ccc(-c3ccc(CN(O)Cc4cn5cc(Br)nc(N6CCOCC6)c5n4)cc3)cc2CC[C@@H]1C. The number of fused-ring (bicyclic) bond motifs is 2. The molecule has 208 valence electrons. The molecule has 0 saturated carbocycles. The largest absolute Gasteiger partial charge is 0.378 e. The standard InChI is InChI=1S/C30H33BrN6O3/c1-20-3-6-25-15-24(9-10-27(25)37(20)21(2)38)23-7-4-22(5-8-23)16-36(39)18-26-17-35-19-28(31)33-30(29(35)32-26)34-11-13-40-14-12-34/h4-5,7-10,15,17,19-20,39H,3,6,11-14,16,18H2,1-2H3/t20-/m0/s1. The molecule has 2 aromatic carbocycles. The Morgan fingerprint density at radius 1 is 1.07 bits per heavy atom. The van der Waals surface area contributed by atoms with Gasteiger partial charge in [0.15, 0.2) is 11.5 Å². The third-order valence-electron chi connectivity index (χ3n) is 7.70. The molecule has 1 N–H and O–H groups in total. The van der Waals surface area contributed by atoms with Crippen molar-refractivity contribution in [3.8, 4) is 11.1 Å². The highest BCUT2D eigenvalue weighted by molar-refractivity contribution is 9.10. The van der Waals surface area contributed by atoms with Gasteiger partial charge in [0.2, 0.25) is 5.91 Å². The van der Waals surface area contributed by atoms with E-state index in [4.69, 9.17) is 9.72 Å². The third-order valence-corrected chi connectivity index (χ3v) is 8.08. The van der Waals surface area contributed by atoms with Gasteiger partial charge in [0.1, 0.15) is 4.60 Å². The average Bonchev–Trinajstić information content (AvgIpc) is 3.34. The Kier molecular flexibility index (Phi) is 7.59. The minimum atomic E-state index is 0.0878. The molecule has 1 fully saturated rings. The first-order valence-corrected chi connectivity index (χ1v) is 14.5. The number of benzene rings is 2. The lowest BCUT2D eigenvalue weighted by atomic mass is 9.93. The van der Waals surface area contributed by atoms with Gasteiger partial charge in [-0.25, -0.2) is 9.97 Å². The molecule has 0 spiro atoms. The highest BCUT2D eigenvalue weighted by Crippen LogP contribution is 2.34. The average molecular weight is 606 g/mol. The van der Waals surface area contributed by atoms with Gasteiger partial charge in [0.25, 0.3) is 0 Å². The van der Waals surface area contributed by atoms with Gasteiger partial charge in [0, 0.05) is 50.7 Å². The van der Waals surface area contributed by atoms with Crippen LogP contribution < -0.4 is 9.80 Å². The van der Waals surface area contributed by atoms with E-state index in [-0.39, 0.29) is 11.9 Å². The van der Waals surface area contributed by atoms with Crippen LogP contribution in [-0.4, -0.2) is 62.9 Å². The summed E-state index contributed by atoms with van der Waals surface area (Å²) in [4.78, 5) is 25.7. The lowest BCUT2D eigenvalue weighted by Gasteiger charge is -2.34. The third kappa shape index (κ3) is 5.49. The zero-order valence-corrected chi connectivity index (χ0v) is 24.3. The fourth-order valence-corrected chi connectivity index (χ4v) is 6.12. The van der Waals surface area contributed by atoms with E-state index in [0.717, 1.165) is 70.1 Å². The van der Waals surface area contributed by atoms with Crippen LogP contribution in [0.2, 0.25) is 0 Å². The molecule has 9 nitrogen and oxygen atoms in total. The van der Waals surface area contributed by atoms with E-state index in [1.807, 2.05) is 33.8 Å². The molecular weight excluding hydrogens is 572 g/mol. The number of imidazole rings is 1. The summed E-state index contributed by atoms with van der Waals surface area (Å²) in [5.74, 6) is 0.902. The molecule has 1 atom stereocenters. The van der Waals surface area contributed by atoms with Crippen molar-refractivity contribution in [2.75, 3.05) is 36.1 Å². The van der Waals surface area contributed by atoms with E-state index in [9.17, 15) is 10.0 Å². The topological polar surface area (TPSA) is 86.4 Å². The molecule has 0 bridgehead atoms. The Balaban J connectivity index is 1.14. The Labute approximate surface area is 242 Å². The number of hydroxylamine groups is 2. The minimum absolute atomic E-state index is 0.0878. The summed E-state index contributed by atoms with van der Waals surface area (Å²) in [7, 11) is 0. The zero-order chi connectivity index (χ0) is 27.8. The van der Waals surface area contributed by atoms with Gasteiger partial charge in [0.05, 0.1) is 25.5 Å². The first kappa shape index (κ1) is 26.9. The molecule has 1 amide bonds. The molecule has 10 heteroatoms. The van der Waals surface area contributed by atoms with Crippen molar-refractivity contribution in [1.29, 1.82) is 0 Å². The van der Waals surface area contributed by atoms with Crippen molar-refractivity contribution in [3.05, 3.63) is 76.3 Å². The van der Waals surface area contributed by atoms with Crippen molar-refractivity contribution in [1.82, 2.24) is 19.4 Å². The predicted octanol–water partition coefficient (Wildman–Crippen LogP) is 5.07. The van der Waals surface area contributed by atoms with E-state index < -0.39 is 0 Å².